The van der Waals surface area contributed by atoms with Crippen LogP contribution in [-0.2, 0) is 16.1 Å². The summed E-state index contributed by atoms with van der Waals surface area (Å²) in [6.07, 6.45) is 4.92. The van der Waals surface area contributed by atoms with Gasteiger partial charge in [0, 0.05) is 25.0 Å². The smallest absolute Gasteiger partial charge is 0.210 e. The molecule has 4 atom stereocenters. The number of fused-ring (bicyclic) bond motifs is 1. The molecule has 2 N–H and O–H groups in total. The monoisotopic (exact) mass is 431 g/mol. The Morgan fingerprint density at radius 2 is 2.03 bits per heavy atom. The van der Waals surface area contributed by atoms with Crippen LogP contribution in [-0.4, -0.2) is 71.1 Å². The number of hydrogen-bond acceptors (Lipinski definition) is 6. The van der Waals surface area contributed by atoms with Gasteiger partial charge in [-0.3, -0.25) is 4.79 Å². The molecule has 3 aliphatic rings. The first-order chi connectivity index (χ1) is 14.8. The van der Waals surface area contributed by atoms with Crippen LogP contribution in [0.5, 0.6) is 0 Å². The molecule has 2 saturated carbocycles. The number of amides is 1. The van der Waals surface area contributed by atoms with E-state index >= 15 is 0 Å². The SMILES string of the molecule is Cc1c(CN(C=O)CC(O)CO)nc(N2CCC(OCC3(C)CC3)C3CC32)c(C)c1C. The molecule has 1 aliphatic heterocycles. The van der Waals surface area contributed by atoms with E-state index in [0.717, 1.165) is 49.5 Å². The molecule has 3 fully saturated rings. The van der Waals surface area contributed by atoms with Gasteiger partial charge in [0.1, 0.15) is 5.82 Å². The van der Waals surface area contributed by atoms with E-state index in [1.165, 1.54) is 28.9 Å². The molecule has 0 aromatic carbocycles. The van der Waals surface area contributed by atoms with Gasteiger partial charge in [0.25, 0.3) is 0 Å². The first-order valence-corrected chi connectivity index (χ1v) is 11.6. The van der Waals surface area contributed by atoms with Gasteiger partial charge in [-0.15, -0.1) is 0 Å². The van der Waals surface area contributed by atoms with Gasteiger partial charge in [-0.25, -0.2) is 4.98 Å². The summed E-state index contributed by atoms with van der Waals surface area (Å²) >= 11 is 0. The van der Waals surface area contributed by atoms with Crippen LogP contribution in [0, 0.1) is 32.1 Å². The van der Waals surface area contributed by atoms with E-state index in [0.29, 0.717) is 30.0 Å². The zero-order chi connectivity index (χ0) is 22.3. The molecule has 7 heteroatoms. The molecule has 1 amide bonds. The van der Waals surface area contributed by atoms with Gasteiger partial charge in [0.15, 0.2) is 0 Å². The van der Waals surface area contributed by atoms with Gasteiger partial charge in [-0.1, -0.05) is 6.92 Å². The summed E-state index contributed by atoms with van der Waals surface area (Å²) in [7, 11) is 0. The number of aliphatic hydroxyl groups excluding tert-OH is 2. The van der Waals surface area contributed by atoms with E-state index in [1.54, 1.807) is 0 Å². The van der Waals surface area contributed by atoms with Gasteiger partial charge < -0.3 is 24.7 Å². The largest absolute Gasteiger partial charge is 0.394 e. The average Bonchev–Trinajstić information content (AvgIpc) is 3.68. The predicted octanol–water partition coefficient (Wildman–Crippen LogP) is 2.10. The van der Waals surface area contributed by atoms with Crippen LogP contribution in [0.4, 0.5) is 5.82 Å². The third-order valence-corrected chi connectivity index (χ3v) is 7.65. The third-order valence-electron chi connectivity index (χ3n) is 7.65. The van der Waals surface area contributed by atoms with E-state index in [9.17, 15) is 9.90 Å². The van der Waals surface area contributed by atoms with Crippen LogP contribution in [0.3, 0.4) is 0 Å². The number of pyridine rings is 1. The summed E-state index contributed by atoms with van der Waals surface area (Å²) < 4.78 is 6.32. The van der Waals surface area contributed by atoms with Crippen LogP contribution < -0.4 is 4.90 Å². The number of aromatic nitrogens is 1. The van der Waals surface area contributed by atoms with Gasteiger partial charge >= 0.3 is 0 Å². The molecule has 0 spiro atoms. The number of hydrogen-bond donors (Lipinski definition) is 2. The van der Waals surface area contributed by atoms with Crippen LogP contribution in [0.2, 0.25) is 0 Å². The molecule has 4 unspecified atom stereocenters. The van der Waals surface area contributed by atoms with Crippen LogP contribution in [0.25, 0.3) is 0 Å². The normalized spacial score (nSPS) is 26.9. The number of aliphatic hydroxyl groups is 2. The molecule has 0 radical (unpaired) electrons. The first-order valence-electron chi connectivity index (χ1n) is 11.6. The van der Waals surface area contributed by atoms with Crippen molar-refractivity contribution in [2.45, 2.75) is 78.2 Å². The lowest BCUT2D eigenvalue weighted by atomic mass is 10.0. The second-order valence-corrected chi connectivity index (χ2v) is 10.2. The van der Waals surface area contributed by atoms with E-state index in [4.69, 9.17) is 14.8 Å². The zero-order valence-electron chi connectivity index (χ0n) is 19.3. The minimum absolute atomic E-state index is 0.0930. The van der Waals surface area contributed by atoms with E-state index in [-0.39, 0.29) is 13.2 Å². The zero-order valence-corrected chi connectivity index (χ0v) is 19.3. The highest BCUT2D eigenvalue weighted by Gasteiger charge is 2.52. The van der Waals surface area contributed by atoms with Crippen molar-refractivity contribution in [2.24, 2.45) is 11.3 Å². The van der Waals surface area contributed by atoms with E-state index in [2.05, 4.69) is 25.7 Å². The summed E-state index contributed by atoms with van der Waals surface area (Å²) in [4.78, 5) is 20.5. The maximum Gasteiger partial charge on any atom is 0.210 e. The van der Waals surface area contributed by atoms with Crippen molar-refractivity contribution in [2.75, 3.05) is 31.2 Å². The molecule has 2 aliphatic carbocycles. The Balaban J connectivity index is 1.48. The summed E-state index contributed by atoms with van der Waals surface area (Å²) in [5.74, 6) is 1.61. The molecular weight excluding hydrogens is 394 g/mol. The fraction of sp³-hybridized carbons (Fsp3) is 0.750. The summed E-state index contributed by atoms with van der Waals surface area (Å²) in [6.45, 7) is 10.5. The van der Waals surface area contributed by atoms with Crippen LogP contribution in [0.15, 0.2) is 0 Å². The van der Waals surface area contributed by atoms with Crippen LogP contribution >= 0.6 is 0 Å². The number of carbonyl (C=O) groups excluding carboxylic acids is 1. The number of piperidine rings is 1. The molecular formula is C24H37N3O4. The van der Waals surface area contributed by atoms with Crippen molar-refractivity contribution >= 4 is 12.2 Å². The lowest BCUT2D eigenvalue weighted by Gasteiger charge is -2.34. The number of rotatable bonds is 10. The summed E-state index contributed by atoms with van der Waals surface area (Å²) in [6, 6.07) is 0.491. The minimum atomic E-state index is -0.944. The summed E-state index contributed by atoms with van der Waals surface area (Å²) in [5, 5.41) is 18.8. The highest BCUT2D eigenvalue weighted by Crippen LogP contribution is 2.50. The molecule has 4 rings (SSSR count). The van der Waals surface area contributed by atoms with Crippen molar-refractivity contribution in [3.8, 4) is 0 Å². The summed E-state index contributed by atoms with van der Waals surface area (Å²) in [5.41, 5.74) is 4.76. The number of carbonyl (C=O) groups is 1. The lowest BCUT2D eigenvalue weighted by Crippen LogP contribution is -2.40. The van der Waals surface area contributed by atoms with Gasteiger partial charge in [-0.2, -0.15) is 0 Å². The number of anilines is 1. The van der Waals surface area contributed by atoms with Crippen molar-refractivity contribution < 1.29 is 19.7 Å². The Morgan fingerprint density at radius 3 is 2.68 bits per heavy atom. The Bertz CT molecular complexity index is 826. The molecule has 1 saturated heterocycles. The number of nitrogens with zero attached hydrogens (tertiary/aromatic N) is 3. The van der Waals surface area contributed by atoms with Gasteiger partial charge in [0.2, 0.25) is 6.41 Å². The standard InChI is InChI=1S/C24H37N3O4/c1-15-16(2)20(11-26(14-29)10-18(30)12-28)25-23(17(15)3)27-8-5-22(19-9-21(19)27)31-13-24(4)6-7-24/h14,18-19,21-22,28,30H,5-13H2,1-4H3. The van der Waals surface area contributed by atoms with Gasteiger partial charge in [0.05, 0.1) is 37.7 Å². The Kier molecular flexibility index (Phi) is 6.30. The topological polar surface area (TPSA) is 86.1 Å². The Morgan fingerprint density at radius 1 is 1.29 bits per heavy atom. The molecule has 7 nitrogen and oxygen atoms in total. The lowest BCUT2D eigenvalue weighted by molar-refractivity contribution is -0.120. The van der Waals surface area contributed by atoms with Crippen molar-refractivity contribution in [3.05, 3.63) is 22.4 Å². The van der Waals surface area contributed by atoms with Crippen molar-refractivity contribution in [1.82, 2.24) is 9.88 Å². The van der Waals surface area contributed by atoms with Crippen molar-refractivity contribution in [1.29, 1.82) is 0 Å². The second-order valence-electron chi connectivity index (χ2n) is 10.2. The van der Waals surface area contributed by atoms with E-state index in [1.807, 2.05) is 6.92 Å². The molecule has 31 heavy (non-hydrogen) atoms. The molecule has 1 aromatic heterocycles. The number of ether oxygens (including phenoxy) is 1. The fourth-order valence-electron chi connectivity index (χ4n) is 4.80. The average molecular weight is 432 g/mol. The third kappa shape index (κ3) is 4.73. The maximum absolute atomic E-state index is 11.5. The molecule has 1 aromatic rings. The highest BCUT2D eigenvalue weighted by molar-refractivity contribution is 5.56. The molecule has 2 heterocycles. The molecule has 172 valence electrons. The molecule has 0 bridgehead atoms. The fourth-order valence-corrected chi connectivity index (χ4v) is 4.80. The Hall–Kier alpha value is -1.70. The van der Waals surface area contributed by atoms with E-state index < -0.39 is 6.10 Å². The minimum Gasteiger partial charge on any atom is -0.394 e. The maximum atomic E-state index is 11.5. The van der Waals surface area contributed by atoms with Crippen molar-refractivity contribution in [3.63, 3.8) is 0 Å². The Labute approximate surface area is 185 Å². The highest BCUT2D eigenvalue weighted by atomic mass is 16.5. The first kappa shape index (κ1) is 22.5. The quantitative estimate of drug-likeness (QED) is 0.552. The van der Waals surface area contributed by atoms with Gasteiger partial charge in [-0.05, 0) is 68.6 Å². The predicted molar refractivity (Wildman–Crippen MR) is 119 cm³/mol. The van der Waals surface area contributed by atoms with Crippen LogP contribution in [0.1, 0.15) is 55.0 Å². The second kappa shape index (κ2) is 8.68.